The van der Waals surface area contributed by atoms with E-state index < -0.39 is 17.7 Å². The van der Waals surface area contributed by atoms with Crippen LogP contribution in [0.15, 0.2) is 54.1 Å². The molecular formula is C30H40N2O5. The van der Waals surface area contributed by atoms with Crippen molar-refractivity contribution in [1.82, 2.24) is 9.80 Å². The zero-order valence-corrected chi connectivity index (χ0v) is 22.9. The largest absolute Gasteiger partial charge is 0.507 e. The first-order valence-electron chi connectivity index (χ1n) is 13.2. The summed E-state index contributed by atoms with van der Waals surface area (Å²) in [5.41, 5.74) is 1.26. The first kappa shape index (κ1) is 28.3. The summed E-state index contributed by atoms with van der Waals surface area (Å²) in [6, 6.07) is 13.6. The second kappa shape index (κ2) is 12.8. The van der Waals surface area contributed by atoms with E-state index in [2.05, 4.69) is 32.6 Å². The van der Waals surface area contributed by atoms with Gasteiger partial charge < -0.3 is 24.4 Å². The van der Waals surface area contributed by atoms with Crippen LogP contribution in [0, 0.1) is 5.92 Å². The van der Waals surface area contributed by atoms with Gasteiger partial charge in [-0.05, 0) is 74.8 Å². The summed E-state index contributed by atoms with van der Waals surface area (Å²) in [5.74, 6) is 0.228. The minimum atomic E-state index is -0.719. The Balaban J connectivity index is 2.04. The third-order valence-corrected chi connectivity index (χ3v) is 6.35. The van der Waals surface area contributed by atoms with Gasteiger partial charge in [0.15, 0.2) is 0 Å². The predicted molar refractivity (Wildman–Crippen MR) is 146 cm³/mol. The second-order valence-electron chi connectivity index (χ2n) is 9.99. The molecule has 1 aliphatic rings. The van der Waals surface area contributed by atoms with E-state index in [-0.39, 0.29) is 17.4 Å². The van der Waals surface area contributed by atoms with Crippen LogP contribution in [0.5, 0.6) is 11.5 Å². The number of benzene rings is 2. The van der Waals surface area contributed by atoms with E-state index in [9.17, 15) is 14.7 Å². The molecule has 2 aromatic rings. The number of likely N-dealkylation sites (tertiary alicyclic amines) is 1. The fraction of sp³-hybridized carbons (Fsp3) is 0.467. The van der Waals surface area contributed by atoms with Crippen molar-refractivity contribution in [2.24, 2.45) is 5.92 Å². The number of nitrogens with zero attached hydrogens (tertiary/aromatic N) is 2. The maximum atomic E-state index is 13.3. The van der Waals surface area contributed by atoms with Crippen molar-refractivity contribution in [3.63, 3.8) is 0 Å². The number of likely N-dealkylation sites (N-methyl/N-ethyl adjacent to an activating group) is 1. The number of ether oxygens (including phenoxy) is 2. The molecule has 0 saturated carbocycles. The number of carbonyl (C=O) groups excluding carboxylic acids is 2. The lowest BCUT2D eigenvalue weighted by Crippen LogP contribution is -2.38. The molecule has 200 valence electrons. The standard InChI is InChI=1S/C30H40N2O5/c1-7-31(8-2)16-17-32-27(23-10-9-11-25(18-23)37-21(5)6)26(29(34)30(32)35)28(33)22-12-14-24(15-13-22)36-19-20(3)4/h9-15,18,20-21,27,33H,7-8,16-17,19H2,1-6H3/b28-26-. The quantitative estimate of drug-likeness (QED) is 0.239. The van der Waals surface area contributed by atoms with Crippen LogP contribution in [0.4, 0.5) is 0 Å². The van der Waals surface area contributed by atoms with Gasteiger partial charge in [-0.2, -0.15) is 0 Å². The monoisotopic (exact) mass is 508 g/mol. The van der Waals surface area contributed by atoms with Gasteiger partial charge in [-0.1, -0.05) is 39.8 Å². The number of hydrogen-bond acceptors (Lipinski definition) is 6. The lowest BCUT2D eigenvalue weighted by atomic mass is 9.95. The molecule has 0 spiro atoms. The molecule has 1 heterocycles. The Hall–Kier alpha value is -3.32. The Morgan fingerprint density at radius 3 is 2.27 bits per heavy atom. The average molecular weight is 509 g/mol. The third-order valence-electron chi connectivity index (χ3n) is 6.35. The summed E-state index contributed by atoms with van der Waals surface area (Å²) in [4.78, 5) is 30.3. The number of aliphatic hydroxyl groups is 1. The van der Waals surface area contributed by atoms with Gasteiger partial charge in [-0.3, -0.25) is 9.59 Å². The van der Waals surface area contributed by atoms with Crippen LogP contribution in [-0.4, -0.2) is 65.5 Å². The second-order valence-corrected chi connectivity index (χ2v) is 9.99. The lowest BCUT2D eigenvalue weighted by molar-refractivity contribution is -0.140. The summed E-state index contributed by atoms with van der Waals surface area (Å²) in [6.07, 6.45) is -0.0271. The summed E-state index contributed by atoms with van der Waals surface area (Å²) >= 11 is 0. The van der Waals surface area contributed by atoms with Crippen molar-refractivity contribution in [2.45, 2.75) is 53.7 Å². The van der Waals surface area contributed by atoms with Crippen LogP contribution in [0.1, 0.15) is 58.7 Å². The van der Waals surface area contributed by atoms with Gasteiger partial charge >= 0.3 is 0 Å². The minimum Gasteiger partial charge on any atom is -0.507 e. The molecule has 0 bridgehead atoms. The summed E-state index contributed by atoms with van der Waals surface area (Å²) in [5, 5.41) is 11.3. The van der Waals surface area contributed by atoms with Gasteiger partial charge in [-0.25, -0.2) is 0 Å². The molecule has 0 radical (unpaired) electrons. The normalized spacial score (nSPS) is 17.3. The highest BCUT2D eigenvalue weighted by Gasteiger charge is 2.46. The van der Waals surface area contributed by atoms with Gasteiger partial charge in [0.25, 0.3) is 11.7 Å². The van der Waals surface area contributed by atoms with Crippen LogP contribution < -0.4 is 9.47 Å². The molecule has 1 amide bonds. The van der Waals surface area contributed by atoms with Crippen molar-refractivity contribution >= 4 is 17.4 Å². The zero-order chi connectivity index (χ0) is 27.1. The summed E-state index contributed by atoms with van der Waals surface area (Å²) in [6.45, 7) is 15.4. The first-order chi connectivity index (χ1) is 17.7. The highest BCUT2D eigenvalue weighted by molar-refractivity contribution is 6.46. The van der Waals surface area contributed by atoms with Gasteiger partial charge in [0.2, 0.25) is 0 Å². The molecule has 1 N–H and O–H groups in total. The van der Waals surface area contributed by atoms with E-state index in [0.717, 1.165) is 18.7 Å². The first-order valence-corrected chi connectivity index (χ1v) is 13.2. The number of hydrogen-bond donors (Lipinski definition) is 1. The number of Topliss-reactive ketones (excluding diaryl/α,β-unsaturated/α-hetero) is 1. The molecule has 7 nitrogen and oxygen atoms in total. The van der Waals surface area contributed by atoms with Crippen molar-refractivity contribution in [3.05, 3.63) is 65.2 Å². The van der Waals surface area contributed by atoms with Gasteiger partial charge in [0.1, 0.15) is 17.3 Å². The molecular weight excluding hydrogens is 468 g/mol. The molecule has 1 fully saturated rings. The summed E-state index contributed by atoms with van der Waals surface area (Å²) in [7, 11) is 0. The SMILES string of the molecule is CCN(CC)CCN1C(=O)C(=O)/C(=C(\O)c2ccc(OCC(C)C)cc2)C1c1cccc(OC(C)C)c1. The molecule has 0 aliphatic carbocycles. The minimum absolute atomic E-state index is 0.0271. The van der Waals surface area contributed by atoms with Gasteiger partial charge in [-0.15, -0.1) is 0 Å². The highest BCUT2D eigenvalue weighted by Crippen LogP contribution is 2.40. The van der Waals surface area contributed by atoms with Gasteiger partial charge in [0.05, 0.1) is 24.3 Å². The Kier molecular flexibility index (Phi) is 9.75. The van der Waals surface area contributed by atoms with E-state index in [1.165, 1.54) is 0 Å². The fourth-order valence-electron chi connectivity index (χ4n) is 4.40. The van der Waals surface area contributed by atoms with Crippen molar-refractivity contribution < 1.29 is 24.2 Å². The maximum Gasteiger partial charge on any atom is 0.295 e. The highest BCUT2D eigenvalue weighted by atomic mass is 16.5. The van der Waals surface area contributed by atoms with Crippen LogP contribution in [0.3, 0.4) is 0 Å². The van der Waals surface area contributed by atoms with Crippen LogP contribution in [0.2, 0.25) is 0 Å². The third kappa shape index (κ3) is 6.92. The Morgan fingerprint density at radius 2 is 1.68 bits per heavy atom. The number of ketones is 1. The van der Waals surface area contributed by atoms with Crippen molar-refractivity contribution in [1.29, 1.82) is 0 Å². The maximum absolute atomic E-state index is 13.3. The number of carbonyl (C=O) groups is 2. The zero-order valence-electron chi connectivity index (χ0n) is 22.9. The molecule has 3 rings (SSSR count). The van der Waals surface area contributed by atoms with E-state index >= 15 is 0 Å². The molecule has 37 heavy (non-hydrogen) atoms. The van der Waals surface area contributed by atoms with Crippen LogP contribution in [-0.2, 0) is 9.59 Å². The van der Waals surface area contributed by atoms with E-state index in [4.69, 9.17) is 9.47 Å². The number of rotatable bonds is 12. The molecule has 2 aromatic carbocycles. The van der Waals surface area contributed by atoms with E-state index in [1.807, 2.05) is 38.1 Å². The topological polar surface area (TPSA) is 79.3 Å². The molecule has 1 saturated heterocycles. The Morgan fingerprint density at radius 1 is 1.00 bits per heavy atom. The number of amides is 1. The summed E-state index contributed by atoms with van der Waals surface area (Å²) < 4.78 is 11.6. The van der Waals surface area contributed by atoms with Crippen molar-refractivity contribution in [2.75, 3.05) is 32.8 Å². The van der Waals surface area contributed by atoms with E-state index in [0.29, 0.717) is 42.7 Å². The lowest BCUT2D eigenvalue weighted by Gasteiger charge is -2.28. The predicted octanol–water partition coefficient (Wildman–Crippen LogP) is 5.27. The average Bonchev–Trinajstić information content (AvgIpc) is 3.12. The van der Waals surface area contributed by atoms with E-state index in [1.54, 1.807) is 29.2 Å². The molecule has 1 atom stereocenters. The Labute approximate surface area is 220 Å². The molecule has 0 aromatic heterocycles. The van der Waals surface area contributed by atoms with Crippen molar-refractivity contribution in [3.8, 4) is 11.5 Å². The smallest absolute Gasteiger partial charge is 0.295 e. The fourth-order valence-corrected chi connectivity index (χ4v) is 4.40. The Bertz CT molecular complexity index is 1100. The molecule has 1 unspecified atom stereocenters. The molecule has 7 heteroatoms. The van der Waals surface area contributed by atoms with Crippen LogP contribution >= 0.6 is 0 Å². The van der Waals surface area contributed by atoms with Gasteiger partial charge in [0, 0.05) is 18.7 Å². The number of aliphatic hydroxyl groups excluding tert-OH is 1. The van der Waals surface area contributed by atoms with Crippen LogP contribution in [0.25, 0.3) is 5.76 Å². The molecule has 1 aliphatic heterocycles.